The van der Waals surface area contributed by atoms with Gasteiger partial charge in [0.1, 0.15) is 0 Å². The fraction of sp³-hybridized carbons (Fsp3) is 0.429. The molecule has 1 aromatic carbocycles. The van der Waals surface area contributed by atoms with Gasteiger partial charge in [-0.3, -0.25) is 9.59 Å². The van der Waals surface area contributed by atoms with E-state index in [0.29, 0.717) is 24.9 Å². The van der Waals surface area contributed by atoms with Gasteiger partial charge in [-0.05, 0) is 31.0 Å². The molecule has 20 heavy (non-hydrogen) atoms. The number of benzene rings is 1. The minimum atomic E-state index is -0.814. The number of likely N-dealkylation sites (tertiary alicyclic amines) is 1. The van der Waals surface area contributed by atoms with Crippen LogP contribution in [0.1, 0.15) is 30.1 Å². The molecule has 0 saturated carbocycles. The summed E-state index contributed by atoms with van der Waals surface area (Å²) in [4.78, 5) is 25.5. The largest absolute Gasteiger partial charge is 0.481 e. The number of amides is 1. The van der Waals surface area contributed by atoms with Crippen LogP contribution in [0.3, 0.4) is 0 Å². The molecule has 1 aliphatic rings. The van der Waals surface area contributed by atoms with Crippen LogP contribution in [0.25, 0.3) is 0 Å². The zero-order valence-corrected chi connectivity index (χ0v) is 14.2. The monoisotopic (exact) mass is 403 g/mol. The number of nitrogens with zero attached hydrogens (tertiary/aromatic N) is 1. The first-order valence-corrected chi connectivity index (χ1v) is 7.95. The molecule has 0 aromatic heterocycles. The van der Waals surface area contributed by atoms with E-state index in [2.05, 4.69) is 31.9 Å². The van der Waals surface area contributed by atoms with E-state index in [1.54, 1.807) is 17.0 Å². The average Bonchev–Trinajstić information content (AvgIpc) is 2.82. The maximum absolute atomic E-state index is 12.5. The van der Waals surface area contributed by atoms with Gasteiger partial charge in [-0.25, -0.2) is 0 Å². The molecule has 6 heteroatoms. The molecule has 1 fully saturated rings. The molecule has 0 bridgehead atoms. The molecule has 108 valence electrons. The molecular weight excluding hydrogens is 390 g/mol. The van der Waals surface area contributed by atoms with Gasteiger partial charge in [-0.1, -0.05) is 38.8 Å². The summed E-state index contributed by atoms with van der Waals surface area (Å²) in [5, 5.41) is 9.37. The highest BCUT2D eigenvalue weighted by Gasteiger charge is 2.44. The zero-order chi connectivity index (χ0) is 14.9. The first-order chi connectivity index (χ1) is 9.38. The van der Waals surface area contributed by atoms with E-state index < -0.39 is 11.4 Å². The van der Waals surface area contributed by atoms with Gasteiger partial charge in [-0.2, -0.15) is 0 Å². The molecule has 1 atom stereocenters. The summed E-state index contributed by atoms with van der Waals surface area (Å²) in [5.41, 5.74) is -0.234. The number of hydrogen-bond acceptors (Lipinski definition) is 2. The van der Waals surface area contributed by atoms with Gasteiger partial charge in [0.25, 0.3) is 5.91 Å². The quantitative estimate of drug-likeness (QED) is 0.838. The lowest BCUT2D eigenvalue weighted by atomic mass is 9.84. The van der Waals surface area contributed by atoms with E-state index in [0.717, 1.165) is 8.95 Å². The van der Waals surface area contributed by atoms with Crippen molar-refractivity contribution in [2.24, 2.45) is 5.41 Å². The fourth-order valence-corrected chi connectivity index (χ4v) is 3.81. The first-order valence-electron chi connectivity index (χ1n) is 6.37. The minimum absolute atomic E-state index is 0.122. The Labute approximate surface area is 134 Å². The van der Waals surface area contributed by atoms with Gasteiger partial charge in [-0.15, -0.1) is 0 Å². The fourth-order valence-electron chi connectivity index (χ4n) is 2.52. The standard InChI is InChI=1S/C14H15Br2NO3/c1-2-14(13(19)20)3-4-17(8-14)12(18)9-5-10(15)7-11(16)6-9/h5-7H,2-4,8H2,1H3,(H,19,20). The number of carbonyl (C=O) groups is 2. The van der Waals surface area contributed by atoms with E-state index in [1.807, 2.05) is 13.0 Å². The summed E-state index contributed by atoms with van der Waals surface area (Å²) >= 11 is 6.71. The Bertz CT molecular complexity index is 541. The third kappa shape index (κ3) is 2.91. The lowest BCUT2D eigenvalue weighted by Gasteiger charge is -2.23. The third-order valence-corrected chi connectivity index (χ3v) is 4.80. The van der Waals surface area contributed by atoms with Crippen molar-refractivity contribution < 1.29 is 14.7 Å². The van der Waals surface area contributed by atoms with Gasteiger partial charge in [0.05, 0.1) is 5.41 Å². The van der Waals surface area contributed by atoms with E-state index in [1.165, 1.54) is 0 Å². The Morgan fingerprint density at radius 3 is 2.35 bits per heavy atom. The molecule has 1 saturated heterocycles. The molecule has 1 aromatic rings. The van der Waals surface area contributed by atoms with Crippen molar-refractivity contribution in [1.29, 1.82) is 0 Å². The van der Waals surface area contributed by atoms with Crippen LogP contribution in [0.15, 0.2) is 27.1 Å². The van der Waals surface area contributed by atoms with E-state index in [-0.39, 0.29) is 12.5 Å². The maximum atomic E-state index is 12.5. The van der Waals surface area contributed by atoms with Crippen LogP contribution in [0, 0.1) is 5.41 Å². The maximum Gasteiger partial charge on any atom is 0.311 e. The van der Waals surface area contributed by atoms with Gasteiger partial charge in [0, 0.05) is 27.6 Å². The van der Waals surface area contributed by atoms with Crippen molar-refractivity contribution >= 4 is 43.7 Å². The number of rotatable bonds is 3. The number of hydrogen-bond donors (Lipinski definition) is 1. The van der Waals surface area contributed by atoms with Gasteiger partial charge in [0.15, 0.2) is 0 Å². The Morgan fingerprint density at radius 1 is 1.30 bits per heavy atom. The summed E-state index contributed by atoms with van der Waals surface area (Å²) in [6.45, 7) is 2.63. The van der Waals surface area contributed by atoms with E-state index in [9.17, 15) is 14.7 Å². The predicted molar refractivity (Wildman–Crippen MR) is 82.7 cm³/mol. The second-order valence-corrected chi connectivity index (χ2v) is 6.91. The molecule has 1 amide bonds. The average molecular weight is 405 g/mol. The second-order valence-electron chi connectivity index (χ2n) is 5.07. The number of carboxylic acid groups (broad SMARTS) is 1. The van der Waals surface area contributed by atoms with Crippen LogP contribution in [-0.2, 0) is 4.79 Å². The second kappa shape index (κ2) is 5.85. The molecule has 1 heterocycles. The van der Waals surface area contributed by atoms with Crippen molar-refractivity contribution in [2.45, 2.75) is 19.8 Å². The molecule has 1 N–H and O–H groups in total. The normalized spacial score (nSPS) is 22.1. The highest BCUT2D eigenvalue weighted by atomic mass is 79.9. The molecule has 2 rings (SSSR count). The Hall–Kier alpha value is -0.880. The predicted octanol–water partition coefficient (Wildman–Crippen LogP) is 3.54. The van der Waals surface area contributed by atoms with Crippen molar-refractivity contribution in [3.8, 4) is 0 Å². The summed E-state index contributed by atoms with van der Waals surface area (Å²) < 4.78 is 1.63. The molecule has 0 aliphatic carbocycles. The molecule has 1 unspecified atom stereocenters. The minimum Gasteiger partial charge on any atom is -0.481 e. The molecule has 0 radical (unpaired) electrons. The lowest BCUT2D eigenvalue weighted by molar-refractivity contribution is -0.148. The van der Waals surface area contributed by atoms with Gasteiger partial charge >= 0.3 is 5.97 Å². The lowest BCUT2D eigenvalue weighted by Crippen LogP contribution is -2.36. The van der Waals surface area contributed by atoms with Crippen LogP contribution in [0.2, 0.25) is 0 Å². The van der Waals surface area contributed by atoms with Crippen LogP contribution < -0.4 is 0 Å². The number of halogens is 2. The smallest absolute Gasteiger partial charge is 0.311 e. The van der Waals surface area contributed by atoms with Crippen LogP contribution in [-0.4, -0.2) is 35.0 Å². The highest BCUT2D eigenvalue weighted by Crippen LogP contribution is 2.35. The number of carbonyl (C=O) groups excluding carboxylic acids is 1. The van der Waals surface area contributed by atoms with Gasteiger partial charge in [0.2, 0.25) is 0 Å². The topological polar surface area (TPSA) is 57.6 Å². The zero-order valence-electron chi connectivity index (χ0n) is 11.0. The Kier molecular flexibility index (Phi) is 4.54. The highest BCUT2D eigenvalue weighted by molar-refractivity contribution is 9.11. The van der Waals surface area contributed by atoms with Crippen molar-refractivity contribution in [2.75, 3.05) is 13.1 Å². The molecule has 0 spiro atoms. The number of aliphatic carboxylic acids is 1. The Balaban J connectivity index is 2.21. The number of carboxylic acids is 1. The van der Waals surface area contributed by atoms with Crippen molar-refractivity contribution in [3.05, 3.63) is 32.7 Å². The third-order valence-electron chi connectivity index (χ3n) is 3.88. The molecule has 1 aliphatic heterocycles. The summed E-state index contributed by atoms with van der Waals surface area (Å²) in [6.07, 6.45) is 1.05. The van der Waals surface area contributed by atoms with E-state index >= 15 is 0 Å². The van der Waals surface area contributed by atoms with Crippen LogP contribution in [0.4, 0.5) is 0 Å². The van der Waals surface area contributed by atoms with Crippen molar-refractivity contribution in [3.63, 3.8) is 0 Å². The van der Waals surface area contributed by atoms with Crippen LogP contribution in [0.5, 0.6) is 0 Å². The van der Waals surface area contributed by atoms with Crippen LogP contribution >= 0.6 is 31.9 Å². The van der Waals surface area contributed by atoms with Crippen molar-refractivity contribution in [1.82, 2.24) is 4.90 Å². The first kappa shape index (κ1) is 15.5. The molecular formula is C14H15Br2NO3. The Morgan fingerprint density at radius 2 is 1.90 bits per heavy atom. The van der Waals surface area contributed by atoms with Gasteiger partial charge < -0.3 is 10.0 Å². The van der Waals surface area contributed by atoms with E-state index in [4.69, 9.17) is 0 Å². The SMILES string of the molecule is CCC1(C(=O)O)CCN(C(=O)c2cc(Br)cc(Br)c2)C1. The summed E-state index contributed by atoms with van der Waals surface area (Å²) in [7, 11) is 0. The molecule has 4 nitrogen and oxygen atoms in total. The summed E-state index contributed by atoms with van der Waals surface area (Å²) in [5.74, 6) is -0.936. The summed E-state index contributed by atoms with van der Waals surface area (Å²) in [6, 6.07) is 5.36.